The molecule has 0 bridgehead atoms. The predicted molar refractivity (Wildman–Crippen MR) is 105 cm³/mol. The van der Waals surface area contributed by atoms with Crippen LogP contribution in [0.5, 0.6) is 0 Å². The summed E-state index contributed by atoms with van der Waals surface area (Å²) in [4.78, 5) is 19.1. The van der Waals surface area contributed by atoms with Crippen molar-refractivity contribution in [2.45, 2.75) is 31.9 Å². The average Bonchev–Trinajstić information content (AvgIpc) is 3.13. The van der Waals surface area contributed by atoms with Crippen LogP contribution in [0.15, 0.2) is 24.3 Å². The number of aromatic amines is 1. The second-order valence-corrected chi connectivity index (χ2v) is 6.96. The summed E-state index contributed by atoms with van der Waals surface area (Å²) in [6, 6.07) is 5.69. The number of hydrogen-bond acceptors (Lipinski definition) is 6. The number of halogens is 3. The van der Waals surface area contributed by atoms with Crippen LogP contribution >= 0.6 is 0 Å². The van der Waals surface area contributed by atoms with E-state index in [9.17, 15) is 13.2 Å². The van der Waals surface area contributed by atoms with E-state index in [0.717, 1.165) is 55.0 Å². The Morgan fingerprint density at radius 2 is 1.90 bits per heavy atom. The van der Waals surface area contributed by atoms with Crippen LogP contribution in [-0.2, 0) is 11.0 Å². The first kappa shape index (κ1) is 21.3. The van der Waals surface area contributed by atoms with Gasteiger partial charge in [-0.25, -0.2) is 0 Å². The first-order chi connectivity index (χ1) is 14.2. The summed E-state index contributed by atoms with van der Waals surface area (Å²) in [6.07, 6.45) is -2.66. The normalized spacial score (nSPS) is 15.0. The standard InChI is InChI=1S/C18H19F3N6.CH2O2/c1-10-8-15(13-3-2-12(18(19,20)21)9-14(13)23-10)27-6-4-11(5-7-27)16-24-17(22)26-25-16;2-1-3/h2-3,8-9,11H,4-7H2,1H3,(H3,22,24,25,26);1H,(H,2,3). The van der Waals surface area contributed by atoms with Crippen LogP contribution in [0, 0.1) is 6.92 Å². The number of aryl methyl sites for hydroxylation is 1. The summed E-state index contributed by atoms with van der Waals surface area (Å²) >= 11 is 0. The Kier molecular flexibility index (Phi) is 6.09. The summed E-state index contributed by atoms with van der Waals surface area (Å²) in [5.74, 6) is 1.28. The fraction of sp³-hybridized carbons (Fsp3) is 0.368. The highest BCUT2D eigenvalue weighted by Crippen LogP contribution is 2.36. The van der Waals surface area contributed by atoms with Crippen molar-refractivity contribution in [3.8, 4) is 0 Å². The number of carboxylic acid groups (broad SMARTS) is 1. The lowest BCUT2D eigenvalue weighted by atomic mass is 9.95. The van der Waals surface area contributed by atoms with Crippen LogP contribution < -0.4 is 10.6 Å². The number of anilines is 2. The molecule has 0 amide bonds. The predicted octanol–water partition coefficient (Wildman–Crippen LogP) is 3.35. The van der Waals surface area contributed by atoms with Gasteiger partial charge in [-0.15, -0.1) is 5.10 Å². The van der Waals surface area contributed by atoms with Crippen LogP contribution in [0.25, 0.3) is 10.9 Å². The maximum absolute atomic E-state index is 13.0. The summed E-state index contributed by atoms with van der Waals surface area (Å²) in [5, 5.41) is 14.4. The van der Waals surface area contributed by atoms with Crippen LogP contribution in [0.2, 0.25) is 0 Å². The molecule has 4 rings (SSSR count). The summed E-state index contributed by atoms with van der Waals surface area (Å²) in [7, 11) is 0. The lowest BCUT2D eigenvalue weighted by Gasteiger charge is -2.33. The van der Waals surface area contributed by atoms with Crippen LogP contribution in [-0.4, -0.2) is 44.8 Å². The molecule has 1 aliphatic heterocycles. The number of rotatable bonds is 2. The van der Waals surface area contributed by atoms with E-state index in [1.165, 1.54) is 6.07 Å². The van der Waals surface area contributed by atoms with E-state index in [2.05, 4.69) is 25.1 Å². The lowest BCUT2D eigenvalue weighted by Crippen LogP contribution is -2.33. The number of hydrogen-bond donors (Lipinski definition) is 3. The van der Waals surface area contributed by atoms with Gasteiger partial charge in [-0.3, -0.25) is 14.9 Å². The molecule has 1 aromatic carbocycles. The molecule has 3 aromatic rings. The van der Waals surface area contributed by atoms with Crippen molar-refractivity contribution in [2.75, 3.05) is 23.7 Å². The summed E-state index contributed by atoms with van der Waals surface area (Å²) < 4.78 is 39.0. The largest absolute Gasteiger partial charge is 0.483 e. The van der Waals surface area contributed by atoms with Gasteiger partial charge in [0.05, 0.1) is 11.1 Å². The number of nitrogens with two attached hydrogens (primary N) is 1. The highest BCUT2D eigenvalue weighted by Gasteiger charge is 2.31. The second-order valence-electron chi connectivity index (χ2n) is 6.96. The van der Waals surface area contributed by atoms with Crippen molar-refractivity contribution in [1.29, 1.82) is 0 Å². The fourth-order valence-corrected chi connectivity index (χ4v) is 3.64. The Labute approximate surface area is 169 Å². The van der Waals surface area contributed by atoms with Crippen LogP contribution in [0.1, 0.15) is 35.8 Å². The van der Waals surface area contributed by atoms with Crippen molar-refractivity contribution in [2.24, 2.45) is 0 Å². The molecule has 0 saturated carbocycles. The highest BCUT2D eigenvalue weighted by molar-refractivity contribution is 5.92. The third kappa shape index (κ3) is 4.61. The number of pyridine rings is 1. The number of fused-ring (bicyclic) bond motifs is 1. The number of nitrogens with zero attached hydrogens (tertiary/aromatic N) is 4. The minimum atomic E-state index is -4.38. The van der Waals surface area contributed by atoms with Gasteiger partial charge in [-0.05, 0) is 38.0 Å². The van der Waals surface area contributed by atoms with Gasteiger partial charge in [-0.1, -0.05) is 6.07 Å². The molecule has 3 heterocycles. The zero-order chi connectivity index (χ0) is 21.9. The van der Waals surface area contributed by atoms with Gasteiger partial charge in [-0.2, -0.15) is 18.2 Å². The molecule has 11 heteroatoms. The molecule has 30 heavy (non-hydrogen) atoms. The minimum absolute atomic E-state index is 0.239. The smallest absolute Gasteiger partial charge is 0.416 e. The van der Waals surface area contributed by atoms with Gasteiger partial charge in [0.15, 0.2) is 0 Å². The topological polar surface area (TPSA) is 121 Å². The minimum Gasteiger partial charge on any atom is -0.483 e. The van der Waals surface area contributed by atoms with Gasteiger partial charge < -0.3 is 15.7 Å². The van der Waals surface area contributed by atoms with Gasteiger partial charge in [0.25, 0.3) is 6.47 Å². The van der Waals surface area contributed by atoms with E-state index < -0.39 is 11.7 Å². The first-order valence-electron chi connectivity index (χ1n) is 9.22. The monoisotopic (exact) mass is 422 g/mol. The number of alkyl halides is 3. The van der Waals surface area contributed by atoms with Crippen molar-refractivity contribution in [1.82, 2.24) is 20.2 Å². The number of carbonyl (C=O) groups is 1. The van der Waals surface area contributed by atoms with Crippen molar-refractivity contribution in [3.63, 3.8) is 0 Å². The van der Waals surface area contributed by atoms with E-state index in [0.29, 0.717) is 11.2 Å². The second kappa shape index (κ2) is 8.56. The molecule has 1 fully saturated rings. The van der Waals surface area contributed by atoms with Crippen molar-refractivity contribution < 1.29 is 23.1 Å². The quantitative estimate of drug-likeness (QED) is 0.542. The van der Waals surface area contributed by atoms with E-state index in [-0.39, 0.29) is 18.3 Å². The molecule has 160 valence electrons. The molecule has 2 aromatic heterocycles. The number of benzene rings is 1. The maximum atomic E-state index is 13.0. The van der Waals surface area contributed by atoms with E-state index in [4.69, 9.17) is 15.6 Å². The summed E-state index contributed by atoms with van der Waals surface area (Å²) in [5.41, 5.74) is 6.87. The van der Waals surface area contributed by atoms with Gasteiger partial charge in [0, 0.05) is 35.8 Å². The Bertz CT molecular complexity index is 1030. The van der Waals surface area contributed by atoms with Gasteiger partial charge in [0.2, 0.25) is 5.95 Å². The molecule has 1 aliphatic rings. The van der Waals surface area contributed by atoms with Gasteiger partial charge in [0.1, 0.15) is 5.82 Å². The Morgan fingerprint density at radius 1 is 1.23 bits per heavy atom. The van der Waals surface area contributed by atoms with E-state index in [1.807, 2.05) is 6.07 Å². The van der Waals surface area contributed by atoms with E-state index in [1.54, 1.807) is 6.92 Å². The average molecular weight is 422 g/mol. The number of nitrogens with one attached hydrogen (secondary N) is 1. The fourth-order valence-electron chi connectivity index (χ4n) is 3.64. The molecule has 0 unspecified atom stereocenters. The molecule has 0 aliphatic carbocycles. The Morgan fingerprint density at radius 3 is 2.47 bits per heavy atom. The highest BCUT2D eigenvalue weighted by atomic mass is 19.4. The van der Waals surface area contributed by atoms with Gasteiger partial charge >= 0.3 is 6.18 Å². The third-order valence-corrected chi connectivity index (χ3v) is 4.99. The SMILES string of the molecule is Cc1cc(N2CCC(c3nc(N)n[nH]3)CC2)c2ccc(C(F)(F)F)cc2n1.O=CO. The third-order valence-electron chi connectivity index (χ3n) is 4.99. The Hall–Kier alpha value is -3.37. The number of H-pyrrole nitrogens is 1. The summed E-state index contributed by atoms with van der Waals surface area (Å²) in [6.45, 7) is 3.09. The molecule has 1 saturated heterocycles. The number of aromatic nitrogens is 4. The van der Waals surface area contributed by atoms with E-state index >= 15 is 0 Å². The van der Waals surface area contributed by atoms with Crippen LogP contribution in [0.4, 0.5) is 24.8 Å². The number of piperidine rings is 1. The van der Waals surface area contributed by atoms with Crippen molar-refractivity contribution in [3.05, 3.63) is 41.3 Å². The molecule has 8 nitrogen and oxygen atoms in total. The number of nitrogen functional groups attached to an aromatic ring is 1. The first-order valence-corrected chi connectivity index (χ1v) is 9.22. The molecule has 4 N–H and O–H groups in total. The lowest BCUT2D eigenvalue weighted by molar-refractivity contribution is -0.137. The molecule has 0 radical (unpaired) electrons. The van der Waals surface area contributed by atoms with Crippen LogP contribution in [0.3, 0.4) is 0 Å². The molecule has 0 spiro atoms. The molecule has 0 atom stereocenters. The zero-order valence-electron chi connectivity index (χ0n) is 16.1. The van der Waals surface area contributed by atoms with Crippen molar-refractivity contribution >= 4 is 29.0 Å². The zero-order valence-corrected chi connectivity index (χ0v) is 16.1. The maximum Gasteiger partial charge on any atom is 0.416 e. The molecular formula is C19H21F3N6O2. The Balaban J connectivity index is 0.000000806. The molecular weight excluding hydrogens is 401 g/mol.